The fourth-order valence-corrected chi connectivity index (χ4v) is 2.22. The minimum Gasteiger partial charge on any atom is -0.493 e. The first-order chi connectivity index (χ1) is 9.34. The zero-order chi connectivity index (χ0) is 15.2. The monoisotopic (exact) mass is 307 g/mol. The highest BCUT2D eigenvalue weighted by atomic mass is 32.2. The number of halogens is 3. The van der Waals surface area contributed by atoms with Crippen molar-refractivity contribution in [2.75, 3.05) is 18.6 Å². The standard InChI is InChI=1S/C14H20F3NOS/c1-10(18)8-11-4-5-13(19-6-3-7-20-2)12(9-11)14(15,16)17/h4-5,9-10H,3,6-8,18H2,1-2H3. The summed E-state index contributed by atoms with van der Waals surface area (Å²) < 4.78 is 44.3. The second-order valence-electron chi connectivity index (χ2n) is 4.70. The number of alkyl halides is 3. The van der Waals surface area contributed by atoms with Crippen molar-refractivity contribution < 1.29 is 17.9 Å². The van der Waals surface area contributed by atoms with Crippen LogP contribution in [-0.4, -0.2) is 24.7 Å². The van der Waals surface area contributed by atoms with Gasteiger partial charge in [-0.05, 0) is 49.5 Å². The summed E-state index contributed by atoms with van der Waals surface area (Å²) in [7, 11) is 0. The van der Waals surface area contributed by atoms with E-state index in [1.807, 2.05) is 6.26 Å². The Kier molecular flexibility index (Phi) is 6.68. The van der Waals surface area contributed by atoms with Gasteiger partial charge in [-0.1, -0.05) is 6.07 Å². The lowest BCUT2D eigenvalue weighted by molar-refractivity contribution is -0.139. The molecule has 1 rings (SSSR count). The highest BCUT2D eigenvalue weighted by Gasteiger charge is 2.34. The quantitative estimate of drug-likeness (QED) is 0.780. The number of thioether (sulfide) groups is 1. The van der Waals surface area contributed by atoms with E-state index in [2.05, 4.69) is 0 Å². The molecule has 0 fully saturated rings. The molecule has 2 N–H and O–H groups in total. The predicted molar refractivity (Wildman–Crippen MR) is 77.3 cm³/mol. The molecule has 0 aliphatic carbocycles. The van der Waals surface area contributed by atoms with Crippen LogP contribution in [0.25, 0.3) is 0 Å². The summed E-state index contributed by atoms with van der Waals surface area (Å²) in [5.74, 6) is 0.761. The third-order valence-electron chi connectivity index (χ3n) is 2.66. The summed E-state index contributed by atoms with van der Waals surface area (Å²) in [5, 5.41) is 0. The van der Waals surface area contributed by atoms with Crippen LogP contribution >= 0.6 is 11.8 Å². The average molecular weight is 307 g/mol. The van der Waals surface area contributed by atoms with Gasteiger partial charge in [0.25, 0.3) is 0 Å². The molecule has 1 unspecified atom stereocenters. The average Bonchev–Trinajstić information content (AvgIpc) is 2.34. The van der Waals surface area contributed by atoms with Crippen LogP contribution in [0.4, 0.5) is 13.2 Å². The second-order valence-corrected chi connectivity index (χ2v) is 5.69. The third-order valence-corrected chi connectivity index (χ3v) is 3.35. The van der Waals surface area contributed by atoms with Crippen LogP contribution in [0.1, 0.15) is 24.5 Å². The van der Waals surface area contributed by atoms with Gasteiger partial charge in [0.2, 0.25) is 0 Å². The molecule has 0 amide bonds. The van der Waals surface area contributed by atoms with Crippen LogP contribution in [0.5, 0.6) is 5.75 Å². The molecule has 1 atom stereocenters. The van der Waals surface area contributed by atoms with Crippen LogP contribution in [0.3, 0.4) is 0 Å². The van der Waals surface area contributed by atoms with Crippen LogP contribution in [0, 0.1) is 0 Å². The van der Waals surface area contributed by atoms with E-state index in [1.54, 1.807) is 24.8 Å². The Balaban J connectivity index is 2.87. The topological polar surface area (TPSA) is 35.2 Å². The minimum absolute atomic E-state index is 0.105. The van der Waals surface area contributed by atoms with E-state index in [4.69, 9.17) is 10.5 Å². The van der Waals surface area contributed by atoms with Gasteiger partial charge < -0.3 is 10.5 Å². The van der Waals surface area contributed by atoms with Gasteiger partial charge >= 0.3 is 6.18 Å². The summed E-state index contributed by atoms with van der Waals surface area (Å²) in [4.78, 5) is 0. The zero-order valence-corrected chi connectivity index (χ0v) is 12.5. The summed E-state index contributed by atoms with van der Waals surface area (Å²) >= 11 is 1.64. The molecule has 0 aromatic heterocycles. The Morgan fingerprint density at radius 2 is 2.05 bits per heavy atom. The van der Waals surface area contributed by atoms with Gasteiger partial charge in [-0.3, -0.25) is 0 Å². The molecular formula is C14H20F3NOS. The maximum absolute atomic E-state index is 13.0. The van der Waals surface area contributed by atoms with Gasteiger partial charge in [-0.15, -0.1) is 0 Å². The van der Waals surface area contributed by atoms with Crippen molar-refractivity contribution in [3.05, 3.63) is 29.3 Å². The van der Waals surface area contributed by atoms with E-state index in [1.165, 1.54) is 6.07 Å². The molecule has 114 valence electrons. The molecule has 0 saturated heterocycles. The van der Waals surface area contributed by atoms with E-state index in [-0.39, 0.29) is 18.4 Å². The van der Waals surface area contributed by atoms with Gasteiger partial charge in [0.1, 0.15) is 5.75 Å². The normalized spacial score (nSPS) is 13.3. The van der Waals surface area contributed by atoms with E-state index in [0.29, 0.717) is 12.0 Å². The van der Waals surface area contributed by atoms with Crippen molar-refractivity contribution in [2.24, 2.45) is 5.73 Å². The minimum atomic E-state index is -4.41. The summed E-state index contributed by atoms with van der Waals surface area (Å²) in [6, 6.07) is 3.99. The Labute approximate surface area is 121 Å². The van der Waals surface area contributed by atoms with Gasteiger partial charge in [-0.2, -0.15) is 24.9 Å². The molecule has 1 aromatic rings. The fourth-order valence-electron chi connectivity index (χ4n) is 1.81. The lowest BCUT2D eigenvalue weighted by Gasteiger charge is -2.16. The van der Waals surface area contributed by atoms with Crippen molar-refractivity contribution in [2.45, 2.75) is 32.0 Å². The first-order valence-corrected chi connectivity index (χ1v) is 7.81. The summed E-state index contributed by atoms with van der Waals surface area (Å²) in [6.45, 7) is 2.05. The third kappa shape index (κ3) is 5.63. The number of rotatable bonds is 7. The Morgan fingerprint density at radius 1 is 1.35 bits per heavy atom. The van der Waals surface area contributed by atoms with Gasteiger partial charge in [0.15, 0.2) is 0 Å². The summed E-state index contributed by atoms with van der Waals surface area (Å²) in [5.41, 5.74) is 5.47. The molecule has 0 aliphatic rings. The molecule has 2 nitrogen and oxygen atoms in total. The molecule has 20 heavy (non-hydrogen) atoms. The first-order valence-electron chi connectivity index (χ1n) is 6.42. The molecule has 0 saturated carbocycles. The van der Waals surface area contributed by atoms with Gasteiger partial charge in [-0.25, -0.2) is 0 Å². The lowest BCUT2D eigenvalue weighted by Crippen LogP contribution is -2.18. The summed E-state index contributed by atoms with van der Waals surface area (Å²) in [6.07, 6.45) is -1.33. The maximum Gasteiger partial charge on any atom is 0.419 e. The largest absolute Gasteiger partial charge is 0.493 e. The molecule has 1 aromatic carbocycles. The van der Waals surface area contributed by atoms with Crippen molar-refractivity contribution in [3.8, 4) is 5.75 Å². The lowest BCUT2D eigenvalue weighted by atomic mass is 10.0. The molecule has 0 aliphatic heterocycles. The van der Waals surface area contributed by atoms with Gasteiger partial charge in [0.05, 0.1) is 12.2 Å². The van der Waals surface area contributed by atoms with Crippen LogP contribution in [0.15, 0.2) is 18.2 Å². The van der Waals surface area contributed by atoms with E-state index >= 15 is 0 Å². The Morgan fingerprint density at radius 3 is 2.60 bits per heavy atom. The van der Waals surface area contributed by atoms with Crippen LogP contribution in [0.2, 0.25) is 0 Å². The number of ether oxygens (including phenoxy) is 1. The molecule has 0 radical (unpaired) electrons. The number of benzene rings is 1. The molecule has 0 spiro atoms. The van der Waals surface area contributed by atoms with E-state index in [9.17, 15) is 13.2 Å². The maximum atomic E-state index is 13.0. The van der Waals surface area contributed by atoms with Crippen LogP contribution < -0.4 is 10.5 Å². The van der Waals surface area contributed by atoms with E-state index < -0.39 is 11.7 Å². The molecule has 0 heterocycles. The second kappa shape index (κ2) is 7.78. The Hall–Kier alpha value is -0.880. The van der Waals surface area contributed by atoms with Crippen molar-refractivity contribution >= 4 is 11.8 Å². The smallest absolute Gasteiger partial charge is 0.419 e. The molecule has 6 heteroatoms. The SMILES string of the molecule is CSCCCOc1ccc(CC(C)N)cc1C(F)(F)F. The van der Waals surface area contributed by atoms with Crippen molar-refractivity contribution in [1.29, 1.82) is 0 Å². The highest BCUT2D eigenvalue weighted by Crippen LogP contribution is 2.37. The fraction of sp³-hybridized carbons (Fsp3) is 0.571. The first kappa shape index (κ1) is 17.2. The molecule has 0 bridgehead atoms. The zero-order valence-electron chi connectivity index (χ0n) is 11.7. The Bertz CT molecular complexity index is 421. The van der Waals surface area contributed by atoms with Crippen molar-refractivity contribution in [1.82, 2.24) is 0 Å². The van der Waals surface area contributed by atoms with E-state index in [0.717, 1.165) is 18.2 Å². The number of hydrogen-bond acceptors (Lipinski definition) is 3. The number of nitrogens with two attached hydrogens (primary N) is 1. The van der Waals surface area contributed by atoms with Gasteiger partial charge in [0, 0.05) is 6.04 Å². The van der Waals surface area contributed by atoms with Crippen LogP contribution in [-0.2, 0) is 12.6 Å². The highest BCUT2D eigenvalue weighted by molar-refractivity contribution is 7.98. The van der Waals surface area contributed by atoms with Crippen molar-refractivity contribution in [3.63, 3.8) is 0 Å². The molecular weight excluding hydrogens is 287 g/mol. The predicted octanol–water partition coefficient (Wildman–Crippen LogP) is 3.73. The number of hydrogen-bond donors (Lipinski definition) is 1.